The first-order chi connectivity index (χ1) is 11.4. The number of rotatable bonds is 3. The molecular formula is C19H24N2O2S. The van der Waals surface area contributed by atoms with Gasteiger partial charge in [-0.1, -0.05) is 35.9 Å². The van der Waals surface area contributed by atoms with E-state index >= 15 is 0 Å². The zero-order valence-corrected chi connectivity index (χ0v) is 15.3. The van der Waals surface area contributed by atoms with Gasteiger partial charge in [0.25, 0.3) is 0 Å². The van der Waals surface area contributed by atoms with Gasteiger partial charge in [-0.15, -0.1) is 0 Å². The van der Waals surface area contributed by atoms with Crippen LogP contribution in [0.3, 0.4) is 0 Å². The minimum atomic E-state index is -3.39. The molecule has 0 unspecified atom stereocenters. The Bertz CT molecular complexity index is 801. The maximum absolute atomic E-state index is 12.7. The quantitative estimate of drug-likeness (QED) is 0.859. The van der Waals surface area contributed by atoms with E-state index in [2.05, 4.69) is 37.8 Å². The van der Waals surface area contributed by atoms with Crippen molar-refractivity contribution in [1.82, 2.24) is 4.31 Å². The second-order valence-electron chi connectivity index (χ2n) is 6.45. The van der Waals surface area contributed by atoms with E-state index in [0.29, 0.717) is 18.0 Å². The highest BCUT2D eigenvalue weighted by molar-refractivity contribution is 7.89. The predicted molar refractivity (Wildman–Crippen MR) is 98.1 cm³/mol. The molecule has 0 aliphatic carbocycles. The van der Waals surface area contributed by atoms with Gasteiger partial charge in [0.15, 0.2) is 0 Å². The van der Waals surface area contributed by atoms with E-state index in [1.54, 1.807) is 28.6 Å². The molecule has 0 N–H and O–H groups in total. The summed E-state index contributed by atoms with van der Waals surface area (Å²) in [6, 6.07) is 13.1. The van der Waals surface area contributed by atoms with E-state index in [-0.39, 0.29) is 0 Å². The summed E-state index contributed by atoms with van der Waals surface area (Å²) < 4.78 is 27.0. The Morgan fingerprint density at radius 1 is 0.833 bits per heavy atom. The van der Waals surface area contributed by atoms with Gasteiger partial charge in [0, 0.05) is 31.9 Å². The summed E-state index contributed by atoms with van der Waals surface area (Å²) in [4.78, 5) is 2.68. The number of hydrogen-bond acceptors (Lipinski definition) is 3. The van der Waals surface area contributed by atoms with Crippen LogP contribution in [0.2, 0.25) is 0 Å². The van der Waals surface area contributed by atoms with E-state index in [1.807, 2.05) is 6.07 Å². The van der Waals surface area contributed by atoms with E-state index in [1.165, 1.54) is 22.4 Å². The highest BCUT2D eigenvalue weighted by atomic mass is 32.2. The second kappa shape index (κ2) is 6.57. The molecule has 1 fully saturated rings. The van der Waals surface area contributed by atoms with Crippen molar-refractivity contribution in [3.8, 4) is 0 Å². The molecule has 3 rings (SSSR count). The van der Waals surface area contributed by atoms with Crippen LogP contribution in [0.1, 0.15) is 16.7 Å². The lowest BCUT2D eigenvalue weighted by Gasteiger charge is -2.37. The predicted octanol–water partition coefficient (Wildman–Crippen LogP) is 3.12. The first-order valence-electron chi connectivity index (χ1n) is 8.27. The van der Waals surface area contributed by atoms with Crippen LogP contribution in [-0.2, 0) is 10.0 Å². The van der Waals surface area contributed by atoms with Crippen LogP contribution in [0.5, 0.6) is 0 Å². The summed E-state index contributed by atoms with van der Waals surface area (Å²) in [6.45, 7) is 8.83. The molecule has 1 saturated heterocycles. The largest absolute Gasteiger partial charge is 0.368 e. The van der Waals surface area contributed by atoms with Crippen molar-refractivity contribution >= 4 is 15.7 Å². The maximum Gasteiger partial charge on any atom is 0.243 e. The van der Waals surface area contributed by atoms with Crippen LogP contribution in [0.15, 0.2) is 47.4 Å². The minimum absolute atomic E-state index is 0.376. The molecule has 1 aliphatic rings. The first kappa shape index (κ1) is 17.0. The monoisotopic (exact) mass is 344 g/mol. The molecular weight excluding hydrogens is 320 g/mol. The molecule has 128 valence electrons. The number of nitrogens with zero attached hydrogens (tertiary/aromatic N) is 2. The SMILES string of the molecule is Cc1cc(C)c(N2CCN(S(=O)(=O)c3ccccc3)CC2)c(C)c1. The van der Waals surface area contributed by atoms with Gasteiger partial charge in [-0.3, -0.25) is 0 Å². The molecule has 1 heterocycles. The normalized spacial score (nSPS) is 16.4. The summed E-state index contributed by atoms with van der Waals surface area (Å²) in [5.74, 6) is 0. The fourth-order valence-corrected chi connectivity index (χ4v) is 5.01. The molecule has 24 heavy (non-hydrogen) atoms. The van der Waals surface area contributed by atoms with Crippen molar-refractivity contribution in [3.63, 3.8) is 0 Å². The van der Waals surface area contributed by atoms with Gasteiger partial charge in [0.05, 0.1) is 4.90 Å². The third-order valence-electron chi connectivity index (χ3n) is 4.57. The van der Waals surface area contributed by atoms with Gasteiger partial charge >= 0.3 is 0 Å². The zero-order valence-electron chi connectivity index (χ0n) is 14.5. The zero-order chi connectivity index (χ0) is 17.3. The number of hydrogen-bond donors (Lipinski definition) is 0. The van der Waals surface area contributed by atoms with Crippen molar-refractivity contribution in [3.05, 3.63) is 59.2 Å². The van der Waals surface area contributed by atoms with Crippen LogP contribution in [-0.4, -0.2) is 38.9 Å². The van der Waals surface area contributed by atoms with Gasteiger partial charge in [-0.05, 0) is 44.0 Å². The van der Waals surface area contributed by atoms with Gasteiger partial charge in [0.1, 0.15) is 0 Å². The van der Waals surface area contributed by atoms with Crippen LogP contribution in [0, 0.1) is 20.8 Å². The number of benzene rings is 2. The van der Waals surface area contributed by atoms with Crippen molar-refractivity contribution in [2.75, 3.05) is 31.1 Å². The first-order valence-corrected chi connectivity index (χ1v) is 9.71. The summed E-state index contributed by atoms with van der Waals surface area (Å²) >= 11 is 0. The highest BCUT2D eigenvalue weighted by Crippen LogP contribution is 2.28. The Hall–Kier alpha value is -1.85. The molecule has 4 nitrogen and oxygen atoms in total. The lowest BCUT2D eigenvalue weighted by Crippen LogP contribution is -2.49. The molecule has 2 aromatic rings. The lowest BCUT2D eigenvalue weighted by molar-refractivity contribution is 0.384. The molecule has 0 bridgehead atoms. The van der Waals surface area contributed by atoms with Gasteiger partial charge < -0.3 is 4.90 Å². The molecule has 0 saturated carbocycles. The molecule has 0 spiro atoms. The van der Waals surface area contributed by atoms with Crippen molar-refractivity contribution < 1.29 is 8.42 Å². The molecule has 0 radical (unpaired) electrons. The van der Waals surface area contributed by atoms with E-state index in [9.17, 15) is 8.42 Å². The van der Waals surface area contributed by atoms with Crippen LogP contribution >= 0.6 is 0 Å². The molecule has 0 aromatic heterocycles. The van der Waals surface area contributed by atoms with Crippen LogP contribution in [0.25, 0.3) is 0 Å². The Morgan fingerprint density at radius 3 is 1.92 bits per heavy atom. The average Bonchev–Trinajstić information content (AvgIpc) is 2.55. The molecule has 0 amide bonds. The van der Waals surface area contributed by atoms with Gasteiger partial charge in [0.2, 0.25) is 10.0 Å². The molecule has 2 aromatic carbocycles. The number of anilines is 1. The Kier molecular flexibility index (Phi) is 4.65. The van der Waals surface area contributed by atoms with Gasteiger partial charge in [-0.25, -0.2) is 8.42 Å². The number of aryl methyl sites for hydroxylation is 3. The van der Waals surface area contributed by atoms with E-state index in [0.717, 1.165) is 13.1 Å². The highest BCUT2D eigenvalue weighted by Gasteiger charge is 2.29. The lowest BCUT2D eigenvalue weighted by atomic mass is 10.0. The molecule has 1 aliphatic heterocycles. The van der Waals surface area contributed by atoms with Gasteiger partial charge in [-0.2, -0.15) is 4.31 Å². The smallest absolute Gasteiger partial charge is 0.243 e. The number of piperazine rings is 1. The third kappa shape index (κ3) is 3.19. The van der Waals surface area contributed by atoms with E-state index < -0.39 is 10.0 Å². The topological polar surface area (TPSA) is 40.6 Å². The van der Waals surface area contributed by atoms with Crippen molar-refractivity contribution in [1.29, 1.82) is 0 Å². The Balaban J connectivity index is 1.77. The van der Waals surface area contributed by atoms with Crippen LogP contribution in [0.4, 0.5) is 5.69 Å². The summed E-state index contributed by atoms with van der Waals surface area (Å²) in [6.07, 6.45) is 0. The summed E-state index contributed by atoms with van der Waals surface area (Å²) in [7, 11) is -3.39. The standard InChI is InChI=1S/C19H24N2O2S/c1-15-13-16(2)19(17(3)14-15)20-9-11-21(12-10-20)24(22,23)18-7-5-4-6-8-18/h4-8,13-14H,9-12H2,1-3H3. The fraction of sp³-hybridized carbons (Fsp3) is 0.368. The maximum atomic E-state index is 12.7. The van der Waals surface area contributed by atoms with Crippen molar-refractivity contribution in [2.45, 2.75) is 25.7 Å². The van der Waals surface area contributed by atoms with Crippen LogP contribution < -0.4 is 4.90 Å². The third-order valence-corrected chi connectivity index (χ3v) is 6.48. The van der Waals surface area contributed by atoms with E-state index in [4.69, 9.17) is 0 Å². The summed E-state index contributed by atoms with van der Waals surface area (Å²) in [5.41, 5.74) is 5.02. The number of sulfonamides is 1. The fourth-order valence-electron chi connectivity index (χ4n) is 3.56. The summed E-state index contributed by atoms with van der Waals surface area (Å²) in [5, 5.41) is 0. The molecule has 0 atom stereocenters. The average molecular weight is 344 g/mol. The van der Waals surface area contributed by atoms with Crippen molar-refractivity contribution in [2.24, 2.45) is 0 Å². The minimum Gasteiger partial charge on any atom is -0.368 e. The Morgan fingerprint density at radius 2 is 1.38 bits per heavy atom. The Labute approximate surface area is 144 Å². The molecule has 5 heteroatoms. The second-order valence-corrected chi connectivity index (χ2v) is 8.39.